The van der Waals surface area contributed by atoms with E-state index >= 15 is 0 Å². The maximum absolute atomic E-state index is 13.1. The molecule has 0 unspecified atom stereocenters. The summed E-state index contributed by atoms with van der Waals surface area (Å²) >= 11 is 0. The van der Waals surface area contributed by atoms with Crippen molar-refractivity contribution in [2.45, 2.75) is 14.7 Å². The zero-order valence-electron chi connectivity index (χ0n) is 29.2. The molecule has 57 heavy (non-hydrogen) atoms. The Bertz CT molecular complexity index is 2940. The Balaban J connectivity index is 0.00000620. The van der Waals surface area contributed by atoms with Gasteiger partial charge >= 0.3 is 29.6 Å². The van der Waals surface area contributed by atoms with Crippen molar-refractivity contribution < 1.29 is 69.0 Å². The summed E-state index contributed by atoms with van der Waals surface area (Å²) in [6, 6.07) is 24.7. The number of benzene rings is 6. The van der Waals surface area contributed by atoms with E-state index in [1.165, 1.54) is 66.7 Å². The zero-order chi connectivity index (χ0) is 40.4. The summed E-state index contributed by atoms with van der Waals surface area (Å²) in [4.78, 5) is -2.22. The van der Waals surface area contributed by atoms with Gasteiger partial charge in [-0.1, -0.05) is 18.2 Å². The second kappa shape index (κ2) is 16.7. The van der Waals surface area contributed by atoms with Gasteiger partial charge in [0.2, 0.25) is 0 Å². The first-order valence-corrected chi connectivity index (χ1v) is 19.9. The van der Waals surface area contributed by atoms with Crippen LogP contribution < -0.4 is 51.5 Å². The number of hydrogen-bond acceptors (Lipinski definition) is 18. The van der Waals surface area contributed by atoms with E-state index in [0.29, 0.717) is 34.9 Å². The molecule has 0 bridgehead atoms. The molecule has 0 spiro atoms. The number of phenolic OH excluding ortho intramolecular Hbond substituents is 1. The van der Waals surface area contributed by atoms with Gasteiger partial charge in [0.1, 0.15) is 37.3 Å². The van der Waals surface area contributed by atoms with E-state index in [1.54, 1.807) is 30.3 Å². The Morgan fingerprint density at radius 1 is 0.579 bits per heavy atom. The van der Waals surface area contributed by atoms with Crippen molar-refractivity contribution >= 4 is 97.9 Å². The van der Waals surface area contributed by atoms with Crippen LogP contribution in [0.4, 0.5) is 56.9 Å². The van der Waals surface area contributed by atoms with Crippen LogP contribution in [0.1, 0.15) is 0 Å². The molecule has 0 saturated heterocycles. The molecule has 0 aliphatic rings. The summed E-state index contributed by atoms with van der Waals surface area (Å²) in [5.41, 5.74) is 17.5. The third-order valence-corrected chi connectivity index (χ3v) is 10.8. The van der Waals surface area contributed by atoms with E-state index in [-0.39, 0.29) is 51.5 Å². The average molecular weight is 838 g/mol. The smallest absolute Gasteiger partial charge is 0.744 e. The first-order valence-electron chi connectivity index (χ1n) is 15.6. The van der Waals surface area contributed by atoms with E-state index in [1.807, 2.05) is 0 Å². The van der Waals surface area contributed by atoms with E-state index in [9.17, 15) is 39.5 Å². The zero-order valence-corrected chi connectivity index (χ0v) is 33.7. The molecule has 19 nitrogen and oxygen atoms in total. The summed E-state index contributed by atoms with van der Waals surface area (Å²) in [5.74, 6) is -0.973. The van der Waals surface area contributed by atoms with E-state index < -0.39 is 73.6 Å². The fourth-order valence-corrected chi connectivity index (χ4v) is 7.44. The quantitative estimate of drug-likeness (QED) is 0.0532. The van der Waals surface area contributed by atoms with Crippen LogP contribution in [0, 0.1) is 0 Å². The number of rotatable bonds is 11. The summed E-state index contributed by atoms with van der Waals surface area (Å²) in [5, 5.41) is 33.8. The second-order valence-electron chi connectivity index (χ2n) is 11.6. The van der Waals surface area contributed by atoms with Gasteiger partial charge in [-0.15, -0.1) is 15.3 Å². The van der Waals surface area contributed by atoms with Crippen LogP contribution in [-0.2, 0) is 30.3 Å². The SMILES string of the molecule is Nc1ccc(N=Nc2ccc(S(=O)(=O)Nc3ccc(N=Nc4c(S(=O)(=O)[O-])cc5cc(S(=O)(=O)[O-])c(N=Nc6ccccc6)c(O)c5c4N)cc3)cc2)c(N)c1.[Na+]. The number of fused-ring (bicyclic) bond motifs is 1. The minimum atomic E-state index is -5.38. The number of anilines is 4. The van der Waals surface area contributed by atoms with Crippen LogP contribution >= 0.6 is 0 Å². The van der Waals surface area contributed by atoms with Gasteiger partial charge in [0.05, 0.1) is 48.5 Å². The number of nitrogen functional groups attached to an aromatic ring is 3. The number of azo groups is 3. The van der Waals surface area contributed by atoms with Crippen LogP contribution in [0.25, 0.3) is 10.8 Å². The van der Waals surface area contributed by atoms with Crippen LogP contribution in [0.5, 0.6) is 5.75 Å². The third-order valence-electron chi connectivity index (χ3n) is 7.73. The molecule has 0 fully saturated rings. The number of nitrogens with one attached hydrogen (secondary N) is 1. The summed E-state index contributed by atoms with van der Waals surface area (Å²) in [6.45, 7) is 0. The number of phenols is 1. The summed E-state index contributed by atoms with van der Waals surface area (Å²) < 4.78 is 102. The predicted octanol–water partition coefficient (Wildman–Crippen LogP) is 4.15. The Morgan fingerprint density at radius 3 is 1.65 bits per heavy atom. The summed E-state index contributed by atoms with van der Waals surface area (Å²) in [7, 11) is -14.8. The number of sulfonamides is 1. The van der Waals surface area contributed by atoms with Gasteiger partial charge in [0, 0.05) is 11.4 Å². The van der Waals surface area contributed by atoms with Crippen molar-refractivity contribution in [1.29, 1.82) is 0 Å². The van der Waals surface area contributed by atoms with E-state index in [0.717, 1.165) is 0 Å². The van der Waals surface area contributed by atoms with E-state index in [4.69, 9.17) is 17.2 Å². The van der Waals surface area contributed by atoms with Crippen LogP contribution in [0.3, 0.4) is 0 Å². The molecule has 0 aliphatic heterocycles. The molecule has 0 radical (unpaired) electrons. The topological polar surface area (TPSA) is 333 Å². The van der Waals surface area contributed by atoms with Gasteiger partial charge in [0.25, 0.3) is 10.0 Å². The molecule has 0 amide bonds. The second-order valence-corrected chi connectivity index (χ2v) is 16.0. The van der Waals surface area contributed by atoms with Gasteiger partial charge in [-0.3, -0.25) is 4.72 Å². The van der Waals surface area contributed by atoms with Gasteiger partial charge in [-0.05, 0) is 96.4 Å². The molecule has 0 saturated carbocycles. The van der Waals surface area contributed by atoms with Gasteiger partial charge in [0.15, 0.2) is 5.75 Å². The summed E-state index contributed by atoms with van der Waals surface area (Å²) in [6.07, 6.45) is 0. The molecular formula is C34H26N10NaO9S3-. The normalized spacial score (nSPS) is 12.4. The van der Waals surface area contributed by atoms with Crippen molar-refractivity contribution in [3.05, 3.63) is 109 Å². The molecule has 0 aromatic heterocycles. The number of nitrogens with two attached hydrogens (primary N) is 3. The molecule has 0 heterocycles. The van der Waals surface area contributed by atoms with Crippen molar-refractivity contribution in [1.82, 2.24) is 0 Å². The molecule has 0 aliphatic carbocycles. The fourth-order valence-electron chi connectivity index (χ4n) is 5.08. The largest absolute Gasteiger partial charge is 1.00 e. The number of aromatic hydroxyl groups is 1. The first-order chi connectivity index (χ1) is 26.4. The molecule has 6 aromatic rings. The van der Waals surface area contributed by atoms with Crippen molar-refractivity contribution in [3.63, 3.8) is 0 Å². The van der Waals surface area contributed by atoms with Crippen molar-refractivity contribution in [2.75, 3.05) is 21.9 Å². The molecule has 0 atom stereocenters. The Hall–Kier alpha value is -5.85. The van der Waals surface area contributed by atoms with Crippen LogP contribution in [0.2, 0.25) is 0 Å². The molecule has 6 rings (SSSR count). The average Bonchev–Trinajstić information content (AvgIpc) is 3.13. The van der Waals surface area contributed by atoms with Crippen LogP contribution in [0.15, 0.2) is 155 Å². The minimum Gasteiger partial charge on any atom is -0.744 e. The Labute approximate surface area is 346 Å². The molecule has 23 heteroatoms. The fraction of sp³-hybridized carbons (Fsp3) is 0. The monoisotopic (exact) mass is 837 g/mol. The molecule has 6 aromatic carbocycles. The maximum atomic E-state index is 13.1. The third kappa shape index (κ3) is 9.76. The van der Waals surface area contributed by atoms with Crippen molar-refractivity contribution in [3.8, 4) is 5.75 Å². The van der Waals surface area contributed by atoms with Gasteiger partial charge < -0.3 is 31.4 Å². The van der Waals surface area contributed by atoms with Crippen LogP contribution in [-0.4, -0.2) is 39.5 Å². The Morgan fingerprint density at radius 2 is 1.09 bits per heavy atom. The predicted molar refractivity (Wildman–Crippen MR) is 204 cm³/mol. The molecule has 286 valence electrons. The van der Waals surface area contributed by atoms with E-state index in [2.05, 4.69) is 35.4 Å². The van der Waals surface area contributed by atoms with Crippen molar-refractivity contribution in [2.24, 2.45) is 30.7 Å². The van der Waals surface area contributed by atoms with Gasteiger partial charge in [-0.25, -0.2) is 25.3 Å². The minimum absolute atomic E-state index is 0. The maximum Gasteiger partial charge on any atom is 1.00 e. The Kier molecular flexibility index (Phi) is 12.4. The number of hydrogen-bond donors (Lipinski definition) is 5. The molecular weight excluding hydrogens is 812 g/mol. The van der Waals surface area contributed by atoms with Gasteiger partial charge in [-0.2, -0.15) is 15.3 Å². The molecule has 8 N–H and O–H groups in total. The standard InChI is InChI=1S/C34H28N10O9S3.Na/c35-20-6-15-27(26(36)18-20)41-38-23-11-13-25(14-12-23)54(46,47)44-24-9-7-22(8-10-24)40-42-32-28(55(48,49)50)16-19-17-29(56(51,52)53)33(34(45)30(19)31(32)37)43-39-21-4-2-1-3-5-21;/h1-18,44-45H,35-37H2,(H,48,49,50)(H,51,52,53);/q;+1/p-2. The first kappa shape index (κ1) is 42.3. The number of nitrogens with zero attached hydrogens (tertiary/aromatic N) is 6.